The molecule has 0 atom stereocenters. The second-order valence-corrected chi connectivity index (χ2v) is 4.85. The summed E-state index contributed by atoms with van der Waals surface area (Å²) in [6.07, 6.45) is 0.905. The highest BCUT2D eigenvalue weighted by Gasteiger charge is 2.11. The molecule has 0 fully saturated rings. The van der Waals surface area contributed by atoms with Crippen LogP contribution >= 0.6 is 11.8 Å². The summed E-state index contributed by atoms with van der Waals surface area (Å²) < 4.78 is 5.45. The molecule has 4 nitrogen and oxygen atoms in total. The van der Waals surface area contributed by atoms with Crippen molar-refractivity contribution < 1.29 is 14.6 Å². The Morgan fingerprint density at radius 3 is 2.94 bits per heavy atom. The zero-order chi connectivity index (χ0) is 12.7. The summed E-state index contributed by atoms with van der Waals surface area (Å²) >= 11 is 1.84. The highest BCUT2D eigenvalue weighted by molar-refractivity contribution is 7.99. The smallest absolute Gasteiger partial charge is 0.339 e. The zero-order valence-corrected chi connectivity index (χ0v) is 10.6. The van der Waals surface area contributed by atoms with Crippen LogP contribution in [0.1, 0.15) is 23.7 Å². The van der Waals surface area contributed by atoms with Gasteiger partial charge in [0.25, 0.3) is 0 Å². The fourth-order valence-electron chi connectivity index (χ4n) is 1.33. The van der Waals surface area contributed by atoms with E-state index in [9.17, 15) is 4.79 Å². The van der Waals surface area contributed by atoms with Gasteiger partial charge in [-0.2, -0.15) is 11.8 Å². The van der Waals surface area contributed by atoms with E-state index < -0.39 is 5.97 Å². The number of carbonyl (C=O) groups is 1. The number of thioether (sulfide) groups is 1. The molecule has 1 aromatic rings. The molecule has 0 radical (unpaired) electrons. The molecule has 0 bridgehead atoms. The summed E-state index contributed by atoms with van der Waals surface area (Å²) in [5, 5.41) is 8.99. The van der Waals surface area contributed by atoms with E-state index in [4.69, 9.17) is 15.6 Å². The highest BCUT2D eigenvalue weighted by atomic mass is 32.2. The molecular formula is C12H17NO3S. The molecule has 1 aromatic carbocycles. The Labute approximate surface area is 105 Å². The van der Waals surface area contributed by atoms with Crippen LogP contribution in [-0.2, 0) is 0 Å². The van der Waals surface area contributed by atoms with Crippen LogP contribution in [-0.4, -0.2) is 29.2 Å². The lowest BCUT2D eigenvalue weighted by molar-refractivity contribution is 0.0692. The minimum Gasteiger partial charge on any atom is -0.493 e. The summed E-state index contributed by atoms with van der Waals surface area (Å²) in [4.78, 5) is 11.0. The Kier molecular flexibility index (Phi) is 5.69. The first-order chi connectivity index (χ1) is 8.15. The van der Waals surface area contributed by atoms with E-state index in [0.717, 1.165) is 17.9 Å². The van der Waals surface area contributed by atoms with Crippen molar-refractivity contribution in [2.45, 2.75) is 13.3 Å². The third kappa shape index (κ3) is 4.56. The van der Waals surface area contributed by atoms with E-state index in [1.807, 2.05) is 11.8 Å². The fraction of sp³-hybridized carbons (Fsp3) is 0.417. The molecule has 5 heteroatoms. The molecule has 17 heavy (non-hydrogen) atoms. The van der Waals surface area contributed by atoms with Gasteiger partial charge in [-0.25, -0.2) is 4.79 Å². The molecule has 94 valence electrons. The fourth-order valence-corrected chi connectivity index (χ4v) is 1.94. The number of rotatable bonds is 7. The SMILES string of the molecule is CCSCCCOc1ccc(N)cc1C(=O)O. The van der Waals surface area contributed by atoms with Gasteiger partial charge in [-0.1, -0.05) is 6.92 Å². The second-order valence-electron chi connectivity index (χ2n) is 3.46. The van der Waals surface area contributed by atoms with Crippen LogP contribution in [0.15, 0.2) is 18.2 Å². The van der Waals surface area contributed by atoms with Gasteiger partial charge in [0.05, 0.1) is 6.61 Å². The van der Waals surface area contributed by atoms with Crippen molar-refractivity contribution in [2.24, 2.45) is 0 Å². The van der Waals surface area contributed by atoms with Crippen LogP contribution in [0.25, 0.3) is 0 Å². The third-order valence-corrected chi connectivity index (χ3v) is 3.11. The number of anilines is 1. The normalized spacial score (nSPS) is 10.2. The second kappa shape index (κ2) is 7.06. The monoisotopic (exact) mass is 255 g/mol. The first-order valence-corrected chi connectivity index (χ1v) is 6.64. The average Bonchev–Trinajstić information content (AvgIpc) is 2.30. The molecule has 0 saturated carbocycles. The maximum Gasteiger partial charge on any atom is 0.339 e. The van der Waals surface area contributed by atoms with Gasteiger partial charge < -0.3 is 15.6 Å². The van der Waals surface area contributed by atoms with E-state index in [0.29, 0.717) is 18.0 Å². The molecule has 0 spiro atoms. The van der Waals surface area contributed by atoms with E-state index in [1.54, 1.807) is 12.1 Å². The standard InChI is InChI=1S/C12H17NO3S/c1-2-17-7-3-6-16-11-5-4-9(13)8-10(11)12(14)15/h4-5,8H,2-3,6-7,13H2,1H3,(H,14,15). The van der Waals surface area contributed by atoms with Gasteiger partial charge in [0.15, 0.2) is 0 Å². The summed E-state index contributed by atoms with van der Waals surface area (Å²) in [7, 11) is 0. The van der Waals surface area contributed by atoms with Crippen LogP contribution in [0.2, 0.25) is 0 Å². The van der Waals surface area contributed by atoms with Gasteiger partial charge in [0.1, 0.15) is 11.3 Å². The van der Waals surface area contributed by atoms with Crippen LogP contribution in [0, 0.1) is 0 Å². The average molecular weight is 255 g/mol. The van der Waals surface area contributed by atoms with Gasteiger partial charge in [-0.15, -0.1) is 0 Å². The van der Waals surface area contributed by atoms with E-state index >= 15 is 0 Å². The Balaban J connectivity index is 2.55. The predicted molar refractivity (Wildman–Crippen MR) is 70.9 cm³/mol. The van der Waals surface area contributed by atoms with Gasteiger partial charge in [0, 0.05) is 5.69 Å². The van der Waals surface area contributed by atoms with E-state index in [2.05, 4.69) is 6.92 Å². The van der Waals surface area contributed by atoms with Crippen molar-refractivity contribution in [2.75, 3.05) is 23.8 Å². The number of ether oxygens (including phenoxy) is 1. The predicted octanol–water partition coefficient (Wildman–Crippen LogP) is 2.49. The van der Waals surface area contributed by atoms with Gasteiger partial charge >= 0.3 is 5.97 Å². The topological polar surface area (TPSA) is 72.5 Å². The molecule has 0 unspecified atom stereocenters. The van der Waals surface area contributed by atoms with Crippen LogP contribution in [0.4, 0.5) is 5.69 Å². The summed E-state index contributed by atoms with van der Waals surface area (Å²) in [6.45, 7) is 2.63. The van der Waals surface area contributed by atoms with Crippen LogP contribution < -0.4 is 10.5 Å². The Morgan fingerprint density at radius 1 is 1.53 bits per heavy atom. The molecule has 0 saturated heterocycles. The van der Waals surface area contributed by atoms with E-state index in [-0.39, 0.29) is 5.56 Å². The lowest BCUT2D eigenvalue weighted by Crippen LogP contribution is -2.06. The van der Waals surface area contributed by atoms with Gasteiger partial charge in [-0.3, -0.25) is 0 Å². The molecule has 0 aliphatic heterocycles. The number of carboxylic acid groups (broad SMARTS) is 1. The van der Waals surface area contributed by atoms with Gasteiger partial charge in [0.2, 0.25) is 0 Å². The summed E-state index contributed by atoms with van der Waals surface area (Å²) in [5.41, 5.74) is 6.08. The number of nitrogen functional groups attached to an aromatic ring is 1. The third-order valence-electron chi connectivity index (χ3n) is 2.13. The van der Waals surface area contributed by atoms with Crippen molar-refractivity contribution in [3.05, 3.63) is 23.8 Å². The number of hydrogen-bond acceptors (Lipinski definition) is 4. The molecular weight excluding hydrogens is 238 g/mol. The molecule has 0 aliphatic rings. The number of carboxylic acids is 1. The minimum absolute atomic E-state index is 0.119. The Hall–Kier alpha value is -1.36. The lowest BCUT2D eigenvalue weighted by Gasteiger charge is -2.09. The Bertz CT molecular complexity index is 382. The summed E-state index contributed by atoms with van der Waals surface area (Å²) in [6, 6.07) is 4.66. The van der Waals surface area contributed by atoms with Crippen molar-refractivity contribution >= 4 is 23.4 Å². The van der Waals surface area contributed by atoms with Crippen LogP contribution in [0.5, 0.6) is 5.75 Å². The number of benzene rings is 1. The quantitative estimate of drug-likeness (QED) is 0.578. The van der Waals surface area contributed by atoms with Gasteiger partial charge in [-0.05, 0) is 36.1 Å². The molecule has 1 rings (SSSR count). The lowest BCUT2D eigenvalue weighted by atomic mass is 10.2. The molecule has 0 amide bonds. The molecule has 0 aromatic heterocycles. The van der Waals surface area contributed by atoms with Crippen molar-refractivity contribution in [1.29, 1.82) is 0 Å². The molecule has 0 aliphatic carbocycles. The minimum atomic E-state index is -1.02. The Morgan fingerprint density at radius 2 is 2.29 bits per heavy atom. The van der Waals surface area contributed by atoms with Crippen LogP contribution in [0.3, 0.4) is 0 Å². The molecule has 3 N–H and O–H groups in total. The number of aromatic carboxylic acids is 1. The first-order valence-electron chi connectivity index (χ1n) is 5.48. The zero-order valence-electron chi connectivity index (χ0n) is 9.81. The van der Waals surface area contributed by atoms with Crippen molar-refractivity contribution in [1.82, 2.24) is 0 Å². The summed E-state index contributed by atoms with van der Waals surface area (Å²) in [5.74, 6) is 1.47. The maximum absolute atomic E-state index is 11.0. The number of nitrogens with two attached hydrogens (primary N) is 1. The maximum atomic E-state index is 11.0. The van der Waals surface area contributed by atoms with Crippen molar-refractivity contribution in [3.63, 3.8) is 0 Å². The molecule has 0 heterocycles. The van der Waals surface area contributed by atoms with E-state index in [1.165, 1.54) is 6.07 Å². The van der Waals surface area contributed by atoms with Crippen molar-refractivity contribution in [3.8, 4) is 5.75 Å². The largest absolute Gasteiger partial charge is 0.493 e. The number of hydrogen-bond donors (Lipinski definition) is 2. The first kappa shape index (κ1) is 13.7. The highest BCUT2D eigenvalue weighted by Crippen LogP contribution is 2.21.